The topological polar surface area (TPSA) is 0 Å². The Morgan fingerprint density at radius 1 is 1.10 bits per heavy atom. The predicted octanol–water partition coefficient (Wildman–Crippen LogP) is 2.72. The molecule has 0 nitrogen and oxygen atoms in total. The molecule has 0 unspecified atom stereocenters. The van der Waals surface area contributed by atoms with Gasteiger partial charge in [-0.15, -0.1) is 0 Å². The average molecular weight is 170 g/mol. The van der Waals surface area contributed by atoms with Gasteiger partial charge in [-0.3, -0.25) is 0 Å². The zero-order chi connectivity index (χ0) is 6.53. The smallest absolute Gasteiger partial charge is 0 e. The van der Waals surface area contributed by atoms with E-state index in [0.29, 0.717) is 0 Å². The number of rotatable bonds is 1. The standard InChI is InChI=1S/C9H10.Cr/c1-2-6-9-7-4-3-5-8-9;/h2-8H,1H3;. The van der Waals surface area contributed by atoms with Gasteiger partial charge in [0.25, 0.3) is 0 Å². The summed E-state index contributed by atoms with van der Waals surface area (Å²) in [5, 5.41) is 0. The predicted molar refractivity (Wildman–Crippen MR) is 41.2 cm³/mol. The van der Waals surface area contributed by atoms with Crippen LogP contribution in [0, 0.1) is 0 Å². The molecule has 0 spiro atoms. The average Bonchev–Trinajstić information content (AvgIpc) is 1.91. The van der Waals surface area contributed by atoms with E-state index in [-0.39, 0.29) is 17.4 Å². The van der Waals surface area contributed by atoms with Gasteiger partial charge in [0.05, 0.1) is 0 Å². The Labute approximate surface area is 72.7 Å². The van der Waals surface area contributed by atoms with E-state index in [9.17, 15) is 0 Å². The van der Waals surface area contributed by atoms with Crippen molar-refractivity contribution >= 4 is 6.08 Å². The molecule has 0 heterocycles. The molecule has 0 saturated carbocycles. The molecule has 0 atom stereocenters. The molecule has 0 amide bonds. The van der Waals surface area contributed by atoms with Gasteiger partial charge in [0.1, 0.15) is 0 Å². The molecule has 0 aliphatic rings. The Hall–Kier alpha value is -0.508. The maximum Gasteiger partial charge on any atom is 0 e. The second-order valence-corrected chi connectivity index (χ2v) is 1.91. The van der Waals surface area contributed by atoms with Gasteiger partial charge in [-0.25, -0.2) is 0 Å². The van der Waals surface area contributed by atoms with E-state index >= 15 is 0 Å². The van der Waals surface area contributed by atoms with E-state index in [1.165, 1.54) is 5.56 Å². The van der Waals surface area contributed by atoms with Crippen LogP contribution >= 0.6 is 0 Å². The van der Waals surface area contributed by atoms with Crippen molar-refractivity contribution in [1.29, 1.82) is 0 Å². The summed E-state index contributed by atoms with van der Waals surface area (Å²) in [4.78, 5) is 0. The summed E-state index contributed by atoms with van der Waals surface area (Å²) in [6.45, 7) is 2.02. The minimum atomic E-state index is 0. The largest absolute Gasteiger partial charge is 0.0871 e. The van der Waals surface area contributed by atoms with E-state index < -0.39 is 0 Å². The van der Waals surface area contributed by atoms with Crippen LogP contribution < -0.4 is 0 Å². The van der Waals surface area contributed by atoms with Crippen LogP contribution in [-0.2, 0) is 17.4 Å². The first-order valence-electron chi connectivity index (χ1n) is 3.11. The fraction of sp³-hybridized carbons (Fsp3) is 0.111. The van der Waals surface area contributed by atoms with Gasteiger partial charge in [0.2, 0.25) is 0 Å². The summed E-state index contributed by atoms with van der Waals surface area (Å²) in [7, 11) is 0. The van der Waals surface area contributed by atoms with Crippen LogP contribution in [0.4, 0.5) is 0 Å². The fourth-order valence-corrected chi connectivity index (χ4v) is 0.757. The van der Waals surface area contributed by atoms with Gasteiger partial charge < -0.3 is 0 Å². The van der Waals surface area contributed by atoms with Gasteiger partial charge in [0.15, 0.2) is 0 Å². The molecule has 1 rings (SSSR count). The van der Waals surface area contributed by atoms with Crippen molar-refractivity contribution < 1.29 is 17.4 Å². The number of hydrogen-bond donors (Lipinski definition) is 0. The molecule has 1 heteroatoms. The zero-order valence-corrected chi connectivity index (χ0v) is 7.22. The maximum atomic E-state index is 2.08. The first-order valence-corrected chi connectivity index (χ1v) is 3.11. The summed E-state index contributed by atoms with van der Waals surface area (Å²) < 4.78 is 0. The Bertz CT molecular complexity index is 189. The second-order valence-electron chi connectivity index (χ2n) is 1.91. The normalized spacial score (nSPS) is 9.30. The number of hydrogen-bond acceptors (Lipinski definition) is 0. The van der Waals surface area contributed by atoms with Gasteiger partial charge in [-0.05, 0) is 12.5 Å². The molecule has 0 aliphatic heterocycles. The van der Waals surface area contributed by atoms with Crippen LogP contribution in [-0.4, -0.2) is 0 Å². The Kier molecular flexibility index (Phi) is 5.02. The third kappa shape index (κ3) is 2.87. The van der Waals surface area contributed by atoms with Crippen LogP contribution in [0.3, 0.4) is 0 Å². The molecule has 0 fully saturated rings. The molecule has 0 saturated heterocycles. The van der Waals surface area contributed by atoms with Crippen molar-refractivity contribution in [2.24, 2.45) is 0 Å². The van der Waals surface area contributed by atoms with E-state index in [1.54, 1.807) is 0 Å². The van der Waals surface area contributed by atoms with Crippen molar-refractivity contribution in [1.82, 2.24) is 0 Å². The summed E-state index contributed by atoms with van der Waals surface area (Å²) >= 11 is 0. The van der Waals surface area contributed by atoms with Gasteiger partial charge >= 0.3 is 0 Å². The second kappa shape index (κ2) is 5.29. The third-order valence-corrected chi connectivity index (χ3v) is 1.16. The quantitative estimate of drug-likeness (QED) is 0.607. The molecule has 10 heavy (non-hydrogen) atoms. The van der Waals surface area contributed by atoms with Crippen LogP contribution in [0.25, 0.3) is 6.08 Å². The monoisotopic (exact) mass is 170 g/mol. The molecule has 0 aliphatic carbocycles. The molecular weight excluding hydrogens is 160 g/mol. The van der Waals surface area contributed by atoms with Crippen LogP contribution in [0.5, 0.6) is 0 Å². The fourth-order valence-electron chi connectivity index (χ4n) is 0.757. The molecular formula is C9H10Cr. The Morgan fingerprint density at radius 3 is 2.20 bits per heavy atom. The van der Waals surface area contributed by atoms with Crippen molar-refractivity contribution in [3.05, 3.63) is 42.0 Å². The molecule has 0 bridgehead atoms. The van der Waals surface area contributed by atoms with E-state index in [1.807, 2.05) is 31.2 Å². The maximum absolute atomic E-state index is 2.08. The first kappa shape index (κ1) is 9.49. The van der Waals surface area contributed by atoms with Crippen molar-refractivity contribution in [3.63, 3.8) is 0 Å². The SMILES string of the molecule is CC=Cc1ccccc1.[Cr]. The summed E-state index contributed by atoms with van der Waals surface area (Å²) in [6, 6.07) is 10.3. The van der Waals surface area contributed by atoms with Crippen LogP contribution in [0.1, 0.15) is 12.5 Å². The van der Waals surface area contributed by atoms with Crippen molar-refractivity contribution in [2.45, 2.75) is 6.92 Å². The van der Waals surface area contributed by atoms with Crippen molar-refractivity contribution in [2.75, 3.05) is 0 Å². The minimum absolute atomic E-state index is 0. The Balaban J connectivity index is 0.000000810. The summed E-state index contributed by atoms with van der Waals surface area (Å²) in [5.74, 6) is 0. The van der Waals surface area contributed by atoms with Crippen molar-refractivity contribution in [3.8, 4) is 0 Å². The molecule has 0 N–H and O–H groups in total. The molecule has 0 radical (unpaired) electrons. The summed E-state index contributed by atoms with van der Waals surface area (Å²) in [5.41, 5.74) is 1.26. The minimum Gasteiger partial charge on any atom is -0.0871 e. The molecule has 1 aromatic carbocycles. The Morgan fingerprint density at radius 2 is 1.70 bits per heavy atom. The van der Waals surface area contributed by atoms with Crippen LogP contribution in [0.15, 0.2) is 36.4 Å². The third-order valence-electron chi connectivity index (χ3n) is 1.16. The number of benzene rings is 1. The van der Waals surface area contributed by atoms with E-state index in [0.717, 1.165) is 0 Å². The first-order chi connectivity index (χ1) is 4.43. The molecule has 1 aromatic rings. The summed E-state index contributed by atoms with van der Waals surface area (Å²) in [6.07, 6.45) is 4.12. The van der Waals surface area contributed by atoms with E-state index in [2.05, 4.69) is 18.2 Å². The zero-order valence-electron chi connectivity index (χ0n) is 5.95. The van der Waals surface area contributed by atoms with Gasteiger partial charge in [0, 0.05) is 17.4 Å². The molecule has 52 valence electrons. The van der Waals surface area contributed by atoms with Gasteiger partial charge in [-0.2, -0.15) is 0 Å². The van der Waals surface area contributed by atoms with Crippen LogP contribution in [0.2, 0.25) is 0 Å². The van der Waals surface area contributed by atoms with Gasteiger partial charge in [-0.1, -0.05) is 42.5 Å². The number of allylic oxidation sites excluding steroid dienone is 1. The van der Waals surface area contributed by atoms with E-state index in [4.69, 9.17) is 0 Å². The molecule has 0 aromatic heterocycles.